The molecular formula is C26H20ClF3N4O. The van der Waals surface area contributed by atoms with Crippen molar-refractivity contribution >= 4 is 11.6 Å². The van der Waals surface area contributed by atoms with Crippen LogP contribution in [0.4, 0.5) is 13.2 Å². The van der Waals surface area contributed by atoms with Crippen molar-refractivity contribution in [1.29, 1.82) is 0 Å². The predicted octanol–water partition coefficient (Wildman–Crippen LogP) is 6.32. The summed E-state index contributed by atoms with van der Waals surface area (Å²) in [6.45, 7) is 2.28. The Hall–Kier alpha value is -3.49. The normalized spacial score (nSPS) is 13.9. The minimum absolute atomic E-state index is 0.269. The van der Waals surface area contributed by atoms with E-state index < -0.39 is 6.36 Å². The average molecular weight is 497 g/mol. The van der Waals surface area contributed by atoms with Gasteiger partial charge in [-0.3, -0.25) is 9.88 Å². The molecular weight excluding hydrogens is 477 g/mol. The Morgan fingerprint density at radius 2 is 1.77 bits per heavy atom. The first-order valence-corrected chi connectivity index (χ1v) is 11.3. The molecule has 0 unspecified atom stereocenters. The number of halogens is 4. The molecule has 0 radical (unpaired) electrons. The van der Waals surface area contributed by atoms with Crippen molar-refractivity contribution in [2.75, 3.05) is 6.54 Å². The van der Waals surface area contributed by atoms with Gasteiger partial charge in [-0.05, 0) is 48.0 Å². The zero-order valence-electron chi connectivity index (χ0n) is 18.5. The Kier molecular flexibility index (Phi) is 6.40. The quantitative estimate of drug-likeness (QED) is 0.324. The van der Waals surface area contributed by atoms with E-state index in [1.54, 1.807) is 18.3 Å². The number of ether oxygens (including phenoxy) is 1. The molecule has 0 aliphatic carbocycles. The summed E-state index contributed by atoms with van der Waals surface area (Å²) >= 11 is 5.97. The Balaban J connectivity index is 1.24. The predicted molar refractivity (Wildman–Crippen MR) is 127 cm³/mol. The van der Waals surface area contributed by atoms with Crippen LogP contribution in [0.15, 0.2) is 73.1 Å². The minimum atomic E-state index is -4.73. The lowest BCUT2D eigenvalue weighted by atomic mass is 10.1. The minimum Gasteiger partial charge on any atom is -0.406 e. The maximum atomic E-state index is 12.5. The summed E-state index contributed by atoms with van der Waals surface area (Å²) in [6.07, 6.45) is -0.278. The van der Waals surface area contributed by atoms with Gasteiger partial charge in [-0.15, -0.1) is 13.2 Å². The number of alkyl halides is 3. The highest BCUT2D eigenvalue weighted by Crippen LogP contribution is 2.28. The lowest BCUT2D eigenvalue weighted by molar-refractivity contribution is -0.274. The number of fused-ring (bicyclic) bond motifs is 1. The number of nitrogens with zero attached hydrogens (tertiary/aromatic N) is 4. The molecule has 5 nitrogen and oxygen atoms in total. The number of hydrogen-bond acceptors (Lipinski definition) is 5. The van der Waals surface area contributed by atoms with E-state index in [9.17, 15) is 13.2 Å². The van der Waals surface area contributed by atoms with Crippen LogP contribution in [0.5, 0.6) is 5.75 Å². The summed E-state index contributed by atoms with van der Waals surface area (Å²) < 4.78 is 41.5. The van der Waals surface area contributed by atoms with Gasteiger partial charge in [0.1, 0.15) is 5.75 Å². The molecule has 0 bridgehead atoms. The molecule has 35 heavy (non-hydrogen) atoms. The van der Waals surface area contributed by atoms with E-state index in [0.29, 0.717) is 28.6 Å². The first-order valence-electron chi connectivity index (χ1n) is 11.0. The third-order valence-corrected chi connectivity index (χ3v) is 5.96. The van der Waals surface area contributed by atoms with Crippen LogP contribution < -0.4 is 4.74 Å². The topological polar surface area (TPSA) is 51.1 Å². The van der Waals surface area contributed by atoms with E-state index in [2.05, 4.69) is 19.6 Å². The van der Waals surface area contributed by atoms with Crippen molar-refractivity contribution in [3.8, 4) is 28.4 Å². The molecule has 0 N–H and O–H groups in total. The van der Waals surface area contributed by atoms with Crippen LogP contribution >= 0.6 is 11.6 Å². The molecule has 0 atom stereocenters. The van der Waals surface area contributed by atoms with Crippen LogP contribution in [0.25, 0.3) is 22.6 Å². The van der Waals surface area contributed by atoms with Gasteiger partial charge >= 0.3 is 6.36 Å². The fraction of sp³-hybridized carbons (Fsp3) is 0.192. The molecule has 2 aromatic carbocycles. The van der Waals surface area contributed by atoms with E-state index >= 15 is 0 Å². The number of rotatable bonds is 5. The van der Waals surface area contributed by atoms with Gasteiger partial charge in [0.15, 0.2) is 5.82 Å². The Labute approximate surface area is 205 Å². The number of pyridine rings is 1. The Morgan fingerprint density at radius 1 is 0.943 bits per heavy atom. The van der Waals surface area contributed by atoms with Crippen molar-refractivity contribution in [3.05, 3.63) is 94.9 Å². The van der Waals surface area contributed by atoms with Crippen LogP contribution in [0.3, 0.4) is 0 Å². The number of hydrogen-bond donors (Lipinski definition) is 0. The average Bonchev–Trinajstić information content (AvgIpc) is 2.84. The second kappa shape index (κ2) is 9.64. The lowest BCUT2D eigenvalue weighted by Crippen LogP contribution is -2.31. The molecule has 1 aliphatic heterocycles. The van der Waals surface area contributed by atoms with Crippen molar-refractivity contribution in [2.24, 2.45) is 0 Å². The summed E-state index contributed by atoms with van der Waals surface area (Å²) in [4.78, 5) is 16.0. The second-order valence-corrected chi connectivity index (χ2v) is 8.70. The van der Waals surface area contributed by atoms with Gasteiger partial charge in [0.05, 0.1) is 11.4 Å². The fourth-order valence-corrected chi connectivity index (χ4v) is 4.17. The third kappa shape index (κ3) is 5.78. The van der Waals surface area contributed by atoms with E-state index in [0.717, 1.165) is 41.9 Å². The maximum absolute atomic E-state index is 12.5. The van der Waals surface area contributed by atoms with Crippen molar-refractivity contribution < 1.29 is 17.9 Å². The van der Waals surface area contributed by atoms with E-state index in [-0.39, 0.29) is 5.75 Å². The molecule has 9 heteroatoms. The van der Waals surface area contributed by atoms with Crippen LogP contribution in [-0.4, -0.2) is 32.8 Å². The Bertz CT molecular complexity index is 1330. The lowest BCUT2D eigenvalue weighted by Gasteiger charge is -2.28. The van der Waals surface area contributed by atoms with E-state index in [4.69, 9.17) is 16.6 Å². The zero-order chi connectivity index (χ0) is 24.4. The van der Waals surface area contributed by atoms with Gasteiger partial charge in [0.25, 0.3) is 0 Å². The maximum Gasteiger partial charge on any atom is 0.573 e. The van der Waals surface area contributed by atoms with Crippen molar-refractivity contribution in [2.45, 2.75) is 25.9 Å². The standard InChI is InChI=1S/C26H20ClF3N4O/c27-21-7-5-18(6-8-21)25-32-14-20-16-34(11-10-24(20)33-25)15-17-4-9-23(31-13-17)19-2-1-3-22(12-19)35-26(28,29)30/h1-9,12-14H,10-11,15-16H2. The first-order chi connectivity index (χ1) is 16.8. The summed E-state index contributed by atoms with van der Waals surface area (Å²) in [6, 6.07) is 17.0. The molecule has 0 spiro atoms. The fourth-order valence-electron chi connectivity index (χ4n) is 4.05. The summed E-state index contributed by atoms with van der Waals surface area (Å²) in [7, 11) is 0. The highest BCUT2D eigenvalue weighted by Gasteiger charge is 2.31. The largest absolute Gasteiger partial charge is 0.573 e. The molecule has 0 amide bonds. The summed E-state index contributed by atoms with van der Waals surface area (Å²) in [5, 5.41) is 0.675. The molecule has 1 aliphatic rings. The van der Waals surface area contributed by atoms with Gasteiger partial charge in [0.2, 0.25) is 0 Å². The van der Waals surface area contributed by atoms with Crippen LogP contribution in [0.1, 0.15) is 16.8 Å². The summed E-state index contributed by atoms with van der Waals surface area (Å²) in [5.41, 5.74) is 5.22. The molecule has 0 saturated heterocycles. The highest BCUT2D eigenvalue weighted by atomic mass is 35.5. The van der Waals surface area contributed by atoms with Gasteiger partial charge in [-0.1, -0.05) is 29.8 Å². The van der Waals surface area contributed by atoms with Gasteiger partial charge < -0.3 is 4.74 Å². The monoisotopic (exact) mass is 496 g/mol. The highest BCUT2D eigenvalue weighted by molar-refractivity contribution is 6.30. The molecule has 2 aromatic heterocycles. The SMILES string of the molecule is FC(F)(F)Oc1cccc(-c2ccc(CN3CCc4nc(-c5ccc(Cl)cc5)ncc4C3)cn2)c1. The van der Waals surface area contributed by atoms with E-state index in [1.165, 1.54) is 18.2 Å². The molecule has 5 rings (SSSR count). The number of aromatic nitrogens is 3. The summed E-state index contributed by atoms with van der Waals surface area (Å²) in [5.74, 6) is 0.424. The van der Waals surface area contributed by atoms with Crippen LogP contribution in [-0.2, 0) is 19.5 Å². The van der Waals surface area contributed by atoms with Crippen LogP contribution in [0.2, 0.25) is 5.02 Å². The van der Waals surface area contributed by atoms with E-state index in [1.807, 2.05) is 36.5 Å². The third-order valence-electron chi connectivity index (χ3n) is 5.71. The van der Waals surface area contributed by atoms with Gasteiger partial charge in [-0.2, -0.15) is 0 Å². The Morgan fingerprint density at radius 3 is 2.51 bits per heavy atom. The van der Waals surface area contributed by atoms with Gasteiger partial charge in [0, 0.05) is 60.2 Å². The first kappa shape index (κ1) is 23.3. The van der Waals surface area contributed by atoms with Crippen molar-refractivity contribution in [3.63, 3.8) is 0 Å². The molecule has 178 valence electrons. The van der Waals surface area contributed by atoms with Crippen molar-refractivity contribution in [1.82, 2.24) is 19.9 Å². The molecule has 4 aromatic rings. The molecule has 3 heterocycles. The molecule has 0 fully saturated rings. The van der Waals surface area contributed by atoms with Gasteiger partial charge in [-0.25, -0.2) is 9.97 Å². The smallest absolute Gasteiger partial charge is 0.406 e. The molecule has 0 saturated carbocycles. The second-order valence-electron chi connectivity index (χ2n) is 8.26. The number of benzene rings is 2. The van der Waals surface area contributed by atoms with Crippen LogP contribution in [0, 0.1) is 0 Å². The zero-order valence-corrected chi connectivity index (χ0v) is 19.2.